The van der Waals surface area contributed by atoms with Gasteiger partial charge in [-0.25, -0.2) is 14.6 Å². The largest absolute Gasteiger partial charge is 0.519 e. The average Bonchev–Trinajstić information content (AvgIpc) is 3.07. The molecule has 0 unspecified atom stereocenters. The van der Waals surface area contributed by atoms with Crippen LogP contribution in [-0.4, -0.2) is 28.6 Å². The number of carboxylic acid groups (broad SMARTS) is 1. The molecular formula is C19H18N6O7. The zero-order valence-corrected chi connectivity index (χ0v) is 16.7. The number of azo groups is 1. The number of anilines is 2. The van der Waals surface area contributed by atoms with E-state index >= 15 is 0 Å². The Bertz CT molecular complexity index is 1220. The van der Waals surface area contributed by atoms with Gasteiger partial charge in [0.25, 0.3) is 0 Å². The lowest BCUT2D eigenvalue weighted by atomic mass is 10.3. The van der Waals surface area contributed by atoms with Gasteiger partial charge in [-0.15, -0.1) is 10.2 Å². The van der Waals surface area contributed by atoms with Crippen molar-refractivity contribution in [2.24, 2.45) is 10.2 Å². The molecule has 0 radical (unpaired) electrons. The molecule has 0 spiro atoms. The number of aromatic nitrogens is 1. The fourth-order valence-electron chi connectivity index (χ4n) is 2.38. The van der Waals surface area contributed by atoms with Crippen LogP contribution in [0.1, 0.15) is 11.5 Å². The van der Waals surface area contributed by atoms with E-state index in [2.05, 4.69) is 20.5 Å². The third-order valence-corrected chi connectivity index (χ3v) is 3.90. The van der Waals surface area contributed by atoms with Gasteiger partial charge in [0, 0.05) is 0 Å². The van der Waals surface area contributed by atoms with Crippen molar-refractivity contribution in [2.45, 2.75) is 13.5 Å². The molecule has 3 rings (SSSR count). The van der Waals surface area contributed by atoms with Crippen LogP contribution in [-0.2, 0) is 11.4 Å². The molecule has 0 bridgehead atoms. The fourth-order valence-corrected chi connectivity index (χ4v) is 2.38. The van der Waals surface area contributed by atoms with Gasteiger partial charge in [-0.2, -0.15) is 0 Å². The van der Waals surface area contributed by atoms with Crippen LogP contribution in [0.3, 0.4) is 0 Å². The molecule has 13 heteroatoms. The van der Waals surface area contributed by atoms with Crippen molar-refractivity contribution in [3.05, 3.63) is 58.5 Å². The van der Waals surface area contributed by atoms with Crippen molar-refractivity contribution >= 4 is 35.0 Å². The predicted molar refractivity (Wildman–Crippen MR) is 110 cm³/mol. The number of pyridine rings is 1. The molecule has 166 valence electrons. The Morgan fingerprint density at radius 1 is 1.16 bits per heavy atom. The summed E-state index contributed by atoms with van der Waals surface area (Å²) >= 11 is 0. The summed E-state index contributed by atoms with van der Waals surface area (Å²) < 4.78 is 15.3. The third-order valence-electron chi connectivity index (χ3n) is 3.90. The van der Waals surface area contributed by atoms with E-state index in [4.69, 9.17) is 24.4 Å². The first kappa shape index (κ1) is 22.0. The Balaban J connectivity index is 1.68. The first-order chi connectivity index (χ1) is 15.3. The fraction of sp³-hybridized carbons (Fsp3) is 0.158. The lowest BCUT2D eigenvalue weighted by Crippen LogP contribution is -2.31. The molecule has 2 heterocycles. The summed E-state index contributed by atoms with van der Waals surface area (Å²) in [4.78, 5) is 37.2. The Hall–Kier alpha value is -4.68. The van der Waals surface area contributed by atoms with Gasteiger partial charge < -0.3 is 35.0 Å². The van der Waals surface area contributed by atoms with Crippen LogP contribution < -0.4 is 26.9 Å². The van der Waals surface area contributed by atoms with E-state index in [1.165, 1.54) is 12.1 Å². The highest BCUT2D eigenvalue weighted by molar-refractivity contribution is 5.93. The number of nitrogens with zero attached hydrogens (tertiary/aromatic N) is 3. The summed E-state index contributed by atoms with van der Waals surface area (Å²) in [6.45, 7) is 1.11. The second kappa shape index (κ2) is 9.88. The van der Waals surface area contributed by atoms with Gasteiger partial charge >= 0.3 is 11.9 Å². The Morgan fingerprint density at radius 3 is 2.59 bits per heavy atom. The normalized spacial score (nSPS) is 10.8. The summed E-state index contributed by atoms with van der Waals surface area (Å²) in [5.41, 5.74) is 6.48. The molecule has 0 aliphatic heterocycles. The maximum Gasteiger partial charge on any atom is 0.519 e. The maximum absolute atomic E-state index is 11.6. The van der Waals surface area contributed by atoms with Gasteiger partial charge in [-0.3, -0.25) is 4.79 Å². The zero-order chi connectivity index (χ0) is 23.1. The summed E-state index contributed by atoms with van der Waals surface area (Å²) in [6, 6.07) is 9.71. The molecular weight excluding hydrogens is 424 g/mol. The van der Waals surface area contributed by atoms with Crippen molar-refractivity contribution in [1.29, 1.82) is 0 Å². The predicted octanol–water partition coefficient (Wildman–Crippen LogP) is 2.72. The van der Waals surface area contributed by atoms with Crippen LogP contribution in [0.25, 0.3) is 0 Å². The van der Waals surface area contributed by atoms with E-state index in [0.717, 1.165) is 0 Å². The van der Waals surface area contributed by atoms with Gasteiger partial charge in [-0.1, -0.05) is 12.1 Å². The molecule has 1 aromatic carbocycles. The van der Waals surface area contributed by atoms with Gasteiger partial charge in [0.2, 0.25) is 5.91 Å². The van der Waals surface area contributed by atoms with E-state index in [9.17, 15) is 14.4 Å². The number of hydrogen-bond donors (Lipinski definition) is 4. The number of nitrogens with two attached hydrogens (primary N) is 1. The van der Waals surface area contributed by atoms with Crippen molar-refractivity contribution in [2.75, 3.05) is 17.6 Å². The molecule has 0 aliphatic rings. The summed E-state index contributed by atoms with van der Waals surface area (Å²) in [6.07, 6.45) is -1.32. The standard InChI is InChI=1S/C19H18N6O7/c1-10-14(32-19(29)31-10)9-30-13-5-3-2-4-11(13)24-25-12-6-7-15(23-17(12)20)22-16(26)8-21-18(27)28/h2-7,21H,8-9H2,1H3,(H,27,28)(H3,20,22,23,26). The van der Waals surface area contributed by atoms with Crippen LogP contribution in [0.15, 0.2) is 60.3 Å². The number of nitrogen functional groups attached to an aromatic ring is 1. The molecule has 0 saturated heterocycles. The van der Waals surface area contributed by atoms with E-state index in [1.807, 2.05) is 5.32 Å². The first-order valence-corrected chi connectivity index (χ1v) is 9.08. The van der Waals surface area contributed by atoms with Crippen molar-refractivity contribution < 1.29 is 28.3 Å². The molecule has 2 amide bonds. The number of hydrogen-bond acceptors (Lipinski definition) is 10. The van der Waals surface area contributed by atoms with E-state index in [0.29, 0.717) is 17.2 Å². The zero-order valence-electron chi connectivity index (χ0n) is 16.7. The number of aryl methyl sites for hydroxylation is 1. The number of carbonyl (C=O) groups excluding carboxylic acids is 1. The minimum Gasteiger partial charge on any atom is -0.483 e. The summed E-state index contributed by atoms with van der Waals surface area (Å²) in [5.74, 6) is -0.351. The number of nitrogens with one attached hydrogen (secondary N) is 2. The number of rotatable bonds is 8. The van der Waals surface area contributed by atoms with E-state index in [-0.39, 0.29) is 29.7 Å². The summed E-state index contributed by atoms with van der Waals surface area (Å²) in [5, 5.41) is 21.0. The molecule has 0 aliphatic carbocycles. The second-order valence-electron chi connectivity index (χ2n) is 6.20. The minimum absolute atomic E-state index is 0.00746. The molecule has 2 aromatic heterocycles. The summed E-state index contributed by atoms with van der Waals surface area (Å²) in [7, 11) is 0. The Kier molecular flexibility index (Phi) is 6.80. The van der Waals surface area contributed by atoms with Crippen molar-refractivity contribution in [1.82, 2.24) is 10.3 Å². The number of ether oxygens (including phenoxy) is 1. The van der Waals surface area contributed by atoms with Gasteiger partial charge in [-0.05, 0) is 31.2 Å². The van der Waals surface area contributed by atoms with Crippen LogP contribution in [0, 0.1) is 6.92 Å². The molecule has 0 atom stereocenters. The molecule has 0 fully saturated rings. The minimum atomic E-state index is -1.32. The second-order valence-corrected chi connectivity index (χ2v) is 6.20. The number of amides is 2. The highest BCUT2D eigenvalue weighted by Crippen LogP contribution is 2.31. The molecule has 0 saturated carbocycles. The average molecular weight is 442 g/mol. The van der Waals surface area contributed by atoms with Crippen LogP contribution in [0.5, 0.6) is 5.75 Å². The van der Waals surface area contributed by atoms with E-state index < -0.39 is 24.4 Å². The van der Waals surface area contributed by atoms with Crippen molar-refractivity contribution in [3.8, 4) is 5.75 Å². The molecule has 32 heavy (non-hydrogen) atoms. The topological polar surface area (TPSA) is 195 Å². The quantitative estimate of drug-likeness (QED) is 0.379. The molecule has 3 aromatic rings. The Labute approximate surface area is 179 Å². The molecule has 13 nitrogen and oxygen atoms in total. The van der Waals surface area contributed by atoms with Crippen LogP contribution >= 0.6 is 0 Å². The highest BCUT2D eigenvalue weighted by Gasteiger charge is 2.11. The van der Waals surface area contributed by atoms with Gasteiger partial charge in [0.05, 0.1) is 0 Å². The number of para-hydroxylation sites is 1. The molecule has 5 N–H and O–H groups in total. The first-order valence-electron chi connectivity index (χ1n) is 9.08. The lowest BCUT2D eigenvalue weighted by Gasteiger charge is -2.07. The number of carbonyl (C=O) groups is 2. The van der Waals surface area contributed by atoms with Gasteiger partial charge in [0.1, 0.15) is 36.1 Å². The van der Waals surface area contributed by atoms with Crippen LogP contribution in [0.4, 0.5) is 27.8 Å². The monoisotopic (exact) mass is 442 g/mol. The van der Waals surface area contributed by atoms with Gasteiger partial charge in [0.15, 0.2) is 17.3 Å². The maximum atomic E-state index is 11.6. The van der Waals surface area contributed by atoms with E-state index in [1.54, 1.807) is 31.2 Å². The van der Waals surface area contributed by atoms with Crippen molar-refractivity contribution in [3.63, 3.8) is 0 Å². The smallest absolute Gasteiger partial charge is 0.483 e. The third kappa shape index (κ3) is 5.91. The lowest BCUT2D eigenvalue weighted by molar-refractivity contribution is -0.115. The SMILES string of the molecule is Cc1oc(=O)oc1COc1ccccc1N=Nc1ccc(NC(=O)CNC(=O)O)nc1N. The number of benzene rings is 1. The Morgan fingerprint density at radius 2 is 1.91 bits per heavy atom. The van der Waals surface area contributed by atoms with Crippen LogP contribution in [0.2, 0.25) is 0 Å². The highest BCUT2D eigenvalue weighted by atomic mass is 16.6.